The van der Waals surface area contributed by atoms with Crippen LogP contribution in [0.3, 0.4) is 0 Å². The third-order valence-electron chi connectivity index (χ3n) is 5.16. The molecule has 2 aromatic carbocycles. The molecule has 0 saturated carbocycles. The minimum atomic E-state index is -0.513. The Morgan fingerprint density at radius 2 is 1.38 bits per heavy atom. The van der Waals surface area contributed by atoms with Gasteiger partial charge in [0.1, 0.15) is 18.1 Å². The minimum Gasteiger partial charge on any atom is -0.494 e. The summed E-state index contributed by atoms with van der Waals surface area (Å²) in [5, 5.41) is 0. The van der Waals surface area contributed by atoms with Gasteiger partial charge in [0.25, 0.3) is 0 Å². The van der Waals surface area contributed by atoms with Crippen molar-refractivity contribution in [3.05, 3.63) is 72.3 Å². The maximum Gasteiger partial charge on any atom is 0.343 e. The fraction of sp³-hybridized carbons (Fsp3) is 0.414. The van der Waals surface area contributed by atoms with Gasteiger partial charge in [0, 0.05) is 12.7 Å². The zero-order valence-electron chi connectivity index (χ0n) is 21.6. The summed E-state index contributed by atoms with van der Waals surface area (Å²) in [7, 11) is 0. The van der Waals surface area contributed by atoms with Crippen molar-refractivity contribution >= 4 is 17.9 Å². The molecule has 8 nitrogen and oxygen atoms in total. The quantitative estimate of drug-likeness (QED) is 0.118. The van der Waals surface area contributed by atoms with Crippen molar-refractivity contribution in [2.24, 2.45) is 0 Å². The van der Waals surface area contributed by atoms with Crippen LogP contribution in [0.5, 0.6) is 11.5 Å². The highest BCUT2D eigenvalue weighted by atomic mass is 16.6. The molecular formula is C29H36O8. The number of hydrogen-bond acceptors (Lipinski definition) is 8. The van der Waals surface area contributed by atoms with Crippen LogP contribution in [-0.4, -0.2) is 50.4 Å². The zero-order valence-corrected chi connectivity index (χ0v) is 21.6. The first-order chi connectivity index (χ1) is 17.9. The Bertz CT molecular complexity index is 982. The number of unbranched alkanes of at least 4 members (excludes halogenated alkanes) is 3. The molecule has 0 aliphatic heterocycles. The van der Waals surface area contributed by atoms with E-state index in [1.54, 1.807) is 48.5 Å². The Balaban J connectivity index is 1.69. The number of rotatable bonds is 17. The van der Waals surface area contributed by atoms with Crippen molar-refractivity contribution in [1.82, 2.24) is 0 Å². The van der Waals surface area contributed by atoms with Gasteiger partial charge in [0.15, 0.2) is 0 Å². The molecule has 1 unspecified atom stereocenters. The van der Waals surface area contributed by atoms with Crippen molar-refractivity contribution in [2.45, 2.75) is 52.1 Å². The van der Waals surface area contributed by atoms with Gasteiger partial charge in [-0.05, 0) is 87.6 Å². The van der Waals surface area contributed by atoms with Gasteiger partial charge >= 0.3 is 17.9 Å². The fourth-order valence-corrected chi connectivity index (χ4v) is 3.14. The van der Waals surface area contributed by atoms with E-state index in [0.29, 0.717) is 42.4 Å². The van der Waals surface area contributed by atoms with Crippen LogP contribution < -0.4 is 9.47 Å². The van der Waals surface area contributed by atoms with Crippen LogP contribution in [0.2, 0.25) is 0 Å². The second-order valence-corrected chi connectivity index (χ2v) is 8.35. The van der Waals surface area contributed by atoms with E-state index in [1.165, 1.54) is 0 Å². The highest BCUT2D eigenvalue weighted by Crippen LogP contribution is 2.18. The fourth-order valence-electron chi connectivity index (χ4n) is 3.14. The molecule has 200 valence electrons. The molecule has 0 saturated heterocycles. The van der Waals surface area contributed by atoms with Gasteiger partial charge < -0.3 is 23.7 Å². The highest BCUT2D eigenvalue weighted by Gasteiger charge is 2.12. The molecule has 8 heteroatoms. The van der Waals surface area contributed by atoms with Gasteiger partial charge in [-0.15, -0.1) is 0 Å². The van der Waals surface area contributed by atoms with Crippen molar-refractivity contribution in [3.8, 4) is 11.5 Å². The first-order valence-corrected chi connectivity index (χ1v) is 12.6. The highest BCUT2D eigenvalue weighted by molar-refractivity contribution is 5.92. The summed E-state index contributed by atoms with van der Waals surface area (Å²) >= 11 is 0. The molecule has 0 amide bonds. The van der Waals surface area contributed by atoms with E-state index < -0.39 is 17.9 Å². The third-order valence-corrected chi connectivity index (χ3v) is 5.16. The van der Waals surface area contributed by atoms with Crippen LogP contribution in [0, 0.1) is 0 Å². The smallest absolute Gasteiger partial charge is 0.343 e. The molecule has 0 aromatic heterocycles. The standard InChI is InChI=1S/C29H36O8/c1-4-18-33-22(3)21-36-28(31)23-12-16-26(17-13-23)37-29(32)24-10-14-25(15-11-24)34-19-8-6-7-9-20-35-27(30)5-2/h5,10-17,22H,2,4,6-9,18-21H2,1,3H3. The number of ether oxygens (including phenoxy) is 5. The topological polar surface area (TPSA) is 97.4 Å². The number of esters is 3. The first-order valence-electron chi connectivity index (χ1n) is 12.6. The SMILES string of the molecule is C=CC(=O)OCCCCCCOc1ccc(C(=O)Oc2ccc(C(=O)OCC(C)OCCC)cc2)cc1. The van der Waals surface area contributed by atoms with Gasteiger partial charge in [-0.2, -0.15) is 0 Å². The van der Waals surface area contributed by atoms with Crippen LogP contribution in [-0.2, 0) is 19.0 Å². The summed E-state index contributed by atoms with van der Waals surface area (Å²) in [5.41, 5.74) is 0.742. The van der Waals surface area contributed by atoms with Gasteiger partial charge in [-0.1, -0.05) is 13.5 Å². The van der Waals surface area contributed by atoms with E-state index >= 15 is 0 Å². The maximum absolute atomic E-state index is 12.4. The van der Waals surface area contributed by atoms with E-state index in [-0.39, 0.29) is 12.7 Å². The van der Waals surface area contributed by atoms with E-state index in [0.717, 1.165) is 38.2 Å². The number of carbonyl (C=O) groups excluding carboxylic acids is 3. The summed E-state index contributed by atoms with van der Waals surface area (Å²) in [6, 6.07) is 12.9. The molecule has 0 N–H and O–H groups in total. The molecule has 37 heavy (non-hydrogen) atoms. The first kappa shape index (κ1) is 29.6. The lowest BCUT2D eigenvalue weighted by Crippen LogP contribution is -2.19. The van der Waals surface area contributed by atoms with Crippen LogP contribution in [0.15, 0.2) is 61.2 Å². The molecule has 1 atom stereocenters. The molecule has 0 bridgehead atoms. The van der Waals surface area contributed by atoms with Crippen molar-refractivity contribution in [2.75, 3.05) is 26.4 Å². The Hall–Kier alpha value is -3.65. The zero-order chi connectivity index (χ0) is 26.9. The van der Waals surface area contributed by atoms with Crippen LogP contribution in [0.25, 0.3) is 0 Å². The van der Waals surface area contributed by atoms with Crippen molar-refractivity contribution in [3.63, 3.8) is 0 Å². The van der Waals surface area contributed by atoms with Gasteiger partial charge in [-0.3, -0.25) is 0 Å². The maximum atomic E-state index is 12.4. The predicted octanol–water partition coefficient (Wildman–Crippen LogP) is 5.55. The summed E-state index contributed by atoms with van der Waals surface area (Å²) < 4.78 is 26.8. The van der Waals surface area contributed by atoms with Gasteiger partial charge in [0.2, 0.25) is 0 Å². The van der Waals surface area contributed by atoms with Crippen LogP contribution in [0.4, 0.5) is 0 Å². The molecule has 0 heterocycles. The average molecular weight is 513 g/mol. The molecule has 2 aromatic rings. The lowest BCUT2D eigenvalue weighted by molar-refractivity contribution is -0.137. The molecule has 0 spiro atoms. The summed E-state index contributed by atoms with van der Waals surface area (Å²) in [6.45, 7) is 8.95. The van der Waals surface area contributed by atoms with Gasteiger partial charge in [0.05, 0.1) is 30.4 Å². The minimum absolute atomic E-state index is 0.171. The molecule has 0 fully saturated rings. The monoisotopic (exact) mass is 512 g/mol. The summed E-state index contributed by atoms with van der Waals surface area (Å²) in [4.78, 5) is 35.6. The Labute approximate surface area is 218 Å². The Morgan fingerprint density at radius 1 is 0.784 bits per heavy atom. The molecule has 0 radical (unpaired) electrons. The van der Waals surface area contributed by atoms with Crippen LogP contribution in [0.1, 0.15) is 66.7 Å². The average Bonchev–Trinajstić information content (AvgIpc) is 2.92. The lowest BCUT2D eigenvalue weighted by atomic mass is 10.2. The Kier molecular flexibility index (Phi) is 13.5. The second kappa shape index (κ2) is 16.9. The van der Waals surface area contributed by atoms with E-state index in [4.69, 9.17) is 23.7 Å². The molecule has 2 rings (SSSR count). The Morgan fingerprint density at radius 3 is 2.00 bits per heavy atom. The lowest BCUT2D eigenvalue weighted by Gasteiger charge is -2.13. The van der Waals surface area contributed by atoms with Crippen molar-refractivity contribution in [1.29, 1.82) is 0 Å². The molecule has 0 aliphatic carbocycles. The normalized spacial score (nSPS) is 11.3. The van der Waals surface area contributed by atoms with E-state index in [1.807, 2.05) is 13.8 Å². The summed E-state index contributed by atoms with van der Waals surface area (Å²) in [6.07, 6.45) is 5.45. The van der Waals surface area contributed by atoms with Gasteiger partial charge in [-0.25, -0.2) is 14.4 Å². The van der Waals surface area contributed by atoms with Crippen LogP contribution >= 0.6 is 0 Å². The second-order valence-electron chi connectivity index (χ2n) is 8.35. The molecule has 0 aliphatic rings. The largest absolute Gasteiger partial charge is 0.494 e. The number of carbonyl (C=O) groups is 3. The summed E-state index contributed by atoms with van der Waals surface area (Å²) in [5.74, 6) is -0.394. The van der Waals surface area contributed by atoms with Crippen molar-refractivity contribution < 1.29 is 38.1 Å². The molecular weight excluding hydrogens is 476 g/mol. The predicted molar refractivity (Wildman–Crippen MR) is 139 cm³/mol. The third kappa shape index (κ3) is 11.8. The van der Waals surface area contributed by atoms with E-state index in [9.17, 15) is 14.4 Å². The number of hydrogen-bond donors (Lipinski definition) is 0. The van der Waals surface area contributed by atoms with E-state index in [2.05, 4.69) is 6.58 Å². The number of benzene rings is 2.